The van der Waals surface area contributed by atoms with E-state index in [-0.39, 0.29) is 11.8 Å². The first-order valence-corrected chi connectivity index (χ1v) is 7.11. The van der Waals surface area contributed by atoms with Gasteiger partial charge >= 0.3 is 11.8 Å². The Hall–Kier alpha value is -1.88. The van der Waals surface area contributed by atoms with Gasteiger partial charge in [-0.3, -0.25) is 9.59 Å². The minimum atomic E-state index is -0.360. The monoisotopic (exact) mass is 273 g/mol. The highest BCUT2D eigenvalue weighted by Crippen LogP contribution is 2.18. The summed E-state index contributed by atoms with van der Waals surface area (Å²) in [6, 6.07) is 8.12. The molecule has 0 unspecified atom stereocenters. The largest absolute Gasteiger partial charge is 0.332 e. The summed E-state index contributed by atoms with van der Waals surface area (Å²) in [6.07, 6.45) is 0.830. The first kappa shape index (κ1) is 13.1. The maximum absolute atomic E-state index is 12.3. The molecule has 0 radical (unpaired) electrons. The summed E-state index contributed by atoms with van der Waals surface area (Å²) in [4.78, 5) is 27.9. The van der Waals surface area contributed by atoms with Crippen LogP contribution in [0.15, 0.2) is 24.3 Å². The van der Waals surface area contributed by atoms with E-state index in [1.54, 1.807) is 9.80 Å². The van der Waals surface area contributed by atoms with Crippen LogP contribution in [0.1, 0.15) is 11.1 Å². The number of nitrogens with one attached hydrogen (secondary N) is 1. The van der Waals surface area contributed by atoms with Gasteiger partial charge < -0.3 is 15.1 Å². The highest BCUT2D eigenvalue weighted by atomic mass is 16.2. The van der Waals surface area contributed by atoms with E-state index in [0.717, 1.165) is 25.1 Å². The van der Waals surface area contributed by atoms with Crippen LogP contribution in [0.3, 0.4) is 0 Å². The number of fused-ring (bicyclic) bond motifs is 1. The Morgan fingerprint density at radius 3 is 2.30 bits per heavy atom. The molecular weight excluding hydrogens is 254 g/mol. The summed E-state index contributed by atoms with van der Waals surface area (Å²) in [7, 11) is 0. The van der Waals surface area contributed by atoms with Gasteiger partial charge in [-0.1, -0.05) is 24.3 Å². The molecule has 2 aliphatic rings. The zero-order valence-corrected chi connectivity index (χ0v) is 11.5. The molecule has 1 fully saturated rings. The quantitative estimate of drug-likeness (QED) is 0.677. The topological polar surface area (TPSA) is 52.7 Å². The van der Waals surface area contributed by atoms with E-state index in [4.69, 9.17) is 0 Å². The Morgan fingerprint density at radius 2 is 1.55 bits per heavy atom. The molecule has 2 heterocycles. The number of rotatable bonds is 0. The Labute approximate surface area is 118 Å². The van der Waals surface area contributed by atoms with Crippen molar-refractivity contribution >= 4 is 11.8 Å². The number of amides is 2. The van der Waals surface area contributed by atoms with Crippen molar-refractivity contribution in [3.63, 3.8) is 0 Å². The highest BCUT2D eigenvalue weighted by Gasteiger charge is 2.29. The van der Waals surface area contributed by atoms with E-state index in [0.29, 0.717) is 26.2 Å². The van der Waals surface area contributed by atoms with E-state index in [1.807, 2.05) is 18.2 Å². The molecule has 0 spiro atoms. The summed E-state index contributed by atoms with van der Waals surface area (Å²) in [6.45, 7) is 3.95. The van der Waals surface area contributed by atoms with E-state index in [2.05, 4.69) is 11.4 Å². The Bertz CT molecular complexity index is 524. The van der Waals surface area contributed by atoms with E-state index in [9.17, 15) is 9.59 Å². The second kappa shape index (κ2) is 5.63. The molecule has 5 nitrogen and oxygen atoms in total. The van der Waals surface area contributed by atoms with Crippen molar-refractivity contribution in [3.8, 4) is 0 Å². The lowest BCUT2D eigenvalue weighted by molar-refractivity contribution is -0.152. The second-order valence-electron chi connectivity index (χ2n) is 5.29. The Kier molecular flexibility index (Phi) is 3.69. The molecule has 3 rings (SSSR count). The molecule has 0 aromatic heterocycles. The molecule has 1 aromatic rings. The maximum atomic E-state index is 12.3. The average molecular weight is 273 g/mol. The van der Waals surface area contributed by atoms with Gasteiger partial charge in [-0.15, -0.1) is 0 Å². The lowest BCUT2D eigenvalue weighted by Gasteiger charge is -2.32. The number of carbonyl (C=O) groups is 2. The third kappa shape index (κ3) is 2.54. The fourth-order valence-corrected chi connectivity index (χ4v) is 2.81. The Morgan fingerprint density at radius 1 is 0.900 bits per heavy atom. The van der Waals surface area contributed by atoms with Gasteiger partial charge in [-0.05, 0) is 17.5 Å². The van der Waals surface area contributed by atoms with Gasteiger partial charge in [0.05, 0.1) is 0 Å². The normalized spacial score (nSPS) is 18.6. The number of hydrogen-bond donors (Lipinski definition) is 1. The molecule has 20 heavy (non-hydrogen) atoms. The molecule has 0 bridgehead atoms. The molecule has 2 amide bonds. The van der Waals surface area contributed by atoms with Crippen molar-refractivity contribution in [2.75, 3.05) is 32.7 Å². The van der Waals surface area contributed by atoms with Crippen LogP contribution in [-0.4, -0.2) is 54.3 Å². The summed E-state index contributed by atoms with van der Waals surface area (Å²) >= 11 is 0. The smallest absolute Gasteiger partial charge is 0.312 e. The van der Waals surface area contributed by atoms with Crippen LogP contribution in [0.5, 0.6) is 0 Å². The molecule has 1 aromatic carbocycles. The number of benzene rings is 1. The molecule has 1 saturated heterocycles. The van der Waals surface area contributed by atoms with Crippen LogP contribution in [0.2, 0.25) is 0 Å². The fraction of sp³-hybridized carbons (Fsp3) is 0.467. The molecule has 1 N–H and O–H groups in total. The SMILES string of the molecule is O=C(C(=O)N1CCc2ccccc2C1)N1CCNCC1. The predicted octanol–water partition coefficient (Wildman–Crippen LogP) is 0.00310. The third-order valence-corrected chi connectivity index (χ3v) is 4.01. The number of nitrogens with zero attached hydrogens (tertiary/aromatic N) is 2. The number of piperazine rings is 1. The predicted molar refractivity (Wildman–Crippen MR) is 75.0 cm³/mol. The number of hydrogen-bond acceptors (Lipinski definition) is 3. The second-order valence-corrected chi connectivity index (χ2v) is 5.29. The minimum absolute atomic E-state index is 0.356. The maximum Gasteiger partial charge on any atom is 0.312 e. The van der Waals surface area contributed by atoms with Crippen molar-refractivity contribution in [2.24, 2.45) is 0 Å². The van der Waals surface area contributed by atoms with Crippen LogP contribution in [0.4, 0.5) is 0 Å². The average Bonchev–Trinajstić information content (AvgIpc) is 2.54. The zero-order valence-electron chi connectivity index (χ0n) is 11.5. The van der Waals surface area contributed by atoms with Gasteiger partial charge in [0, 0.05) is 39.3 Å². The van der Waals surface area contributed by atoms with Crippen LogP contribution in [-0.2, 0) is 22.6 Å². The summed E-state index contributed by atoms with van der Waals surface area (Å²) < 4.78 is 0. The van der Waals surface area contributed by atoms with Crippen LogP contribution >= 0.6 is 0 Å². The van der Waals surface area contributed by atoms with Crippen molar-refractivity contribution in [1.29, 1.82) is 0 Å². The van der Waals surface area contributed by atoms with Crippen molar-refractivity contribution in [3.05, 3.63) is 35.4 Å². The minimum Gasteiger partial charge on any atom is -0.332 e. The lowest BCUT2D eigenvalue weighted by Crippen LogP contribution is -2.52. The van der Waals surface area contributed by atoms with E-state index in [1.165, 1.54) is 5.56 Å². The van der Waals surface area contributed by atoms with Crippen LogP contribution < -0.4 is 5.32 Å². The summed E-state index contributed by atoms with van der Waals surface area (Å²) in [5, 5.41) is 3.18. The highest BCUT2D eigenvalue weighted by molar-refractivity contribution is 6.34. The first-order chi connectivity index (χ1) is 9.75. The Balaban J connectivity index is 1.68. The molecule has 0 aliphatic carbocycles. The third-order valence-electron chi connectivity index (χ3n) is 4.01. The van der Waals surface area contributed by atoms with Crippen molar-refractivity contribution in [2.45, 2.75) is 13.0 Å². The molecule has 0 atom stereocenters. The van der Waals surface area contributed by atoms with Gasteiger partial charge in [-0.25, -0.2) is 0 Å². The van der Waals surface area contributed by atoms with Gasteiger partial charge in [0.25, 0.3) is 0 Å². The van der Waals surface area contributed by atoms with Crippen LogP contribution in [0.25, 0.3) is 0 Å². The molecule has 2 aliphatic heterocycles. The molecule has 0 saturated carbocycles. The summed E-state index contributed by atoms with van der Waals surface area (Å²) in [5.41, 5.74) is 2.44. The molecular formula is C15H19N3O2. The molecule has 5 heteroatoms. The first-order valence-electron chi connectivity index (χ1n) is 7.11. The lowest BCUT2D eigenvalue weighted by atomic mass is 10.00. The van der Waals surface area contributed by atoms with Crippen molar-refractivity contribution < 1.29 is 9.59 Å². The van der Waals surface area contributed by atoms with E-state index < -0.39 is 0 Å². The van der Waals surface area contributed by atoms with Crippen molar-refractivity contribution in [1.82, 2.24) is 15.1 Å². The van der Waals surface area contributed by atoms with Gasteiger partial charge in [0.1, 0.15) is 0 Å². The standard InChI is InChI=1S/C15H19N3O2/c19-14(17-9-6-16-7-10-17)15(20)18-8-5-12-3-1-2-4-13(12)11-18/h1-4,16H,5-11H2. The van der Waals surface area contributed by atoms with Gasteiger partial charge in [-0.2, -0.15) is 0 Å². The number of carbonyl (C=O) groups excluding carboxylic acids is 2. The van der Waals surface area contributed by atoms with Crippen LogP contribution in [0, 0.1) is 0 Å². The fourth-order valence-electron chi connectivity index (χ4n) is 2.81. The molecule has 106 valence electrons. The zero-order chi connectivity index (χ0) is 13.9. The van der Waals surface area contributed by atoms with E-state index >= 15 is 0 Å². The summed E-state index contributed by atoms with van der Waals surface area (Å²) in [5.74, 6) is -0.715. The van der Waals surface area contributed by atoms with Gasteiger partial charge in [0.2, 0.25) is 0 Å². The van der Waals surface area contributed by atoms with Gasteiger partial charge in [0.15, 0.2) is 0 Å².